The third-order valence-corrected chi connectivity index (χ3v) is 3.08. The van der Waals surface area contributed by atoms with Gasteiger partial charge in [0.1, 0.15) is 5.78 Å². The minimum Gasteiger partial charge on any atom is -0.373 e. The predicted octanol–water partition coefficient (Wildman–Crippen LogP) is 3.96. The topological polar surface area (TPSA) is 20.3 Å². The second-order valence-electron chi connectivity index (χ2n) is 5.31. The Kier molecular flexibility index (Phi) is 7.33. The van der Waals surface area contributed by atoms with E-state index in [0.717, 1.165) is 17.7 Å². The van der Waals surface area contributed by atoms with Crippen LogP contribution in [0, 0.1) is 5.92 Å². The summed E-state index contributed by atoms with van der Waals surface area (Å²) in [4.78, 5) is 13.6. The minimum atomic E-state index is 0.115. The average molecular weight is 249 g/mol. The highest BCUT2D eigenvalue weighted by atomic mass is 16.1. The molecule has 0 aliphatic rings. The number of Topliss-reactive ketones (excluding diaryl/α,β-unsaturated/α-hetero) is 1. The normalized spacial score (nSPS) is 11.3. The maximum absolute atomic E-state index is 11.5. The molecule has 0 amide bonds. The molecule has 0 aromatic rings. The van der Waals surface area contributed by atoms with Crippen molar-refractivity contribution in [3.8, 4) is 0 Å². The summed E-state index contributed by atoms with van der Waals surface area (Å²) in [6.45, 7) is 16.1. The molecule has 18 heavy (non-hydrogen) atoms. The van der Waals surface area contributed by atoms with Gasteiger partial charge in [-0.25, -0.2) is 0 Å². The van der Waals surface area contributed by atoms with E-state index in [9.17, 15) is 4.79 Å². The highest BCUT2D eigenvalue weighted by Gasteiger charge is 2.07. The quantitative estimate of drug-likeness (QED) is 0.607. The molecule has 0 heterocycles. The number of nitrogens with zero attached hydrogens (tertiary/aromatic N) is 1. The van der Waals surface area contributed by atoms with Crippen molar-refractivity contribution in [1.29, 1.82) is 0 Å². The second-order valence-corrected chi connectivity index (χ2v) is 5.31. The van der Waals surface area contributed by atoms with Gasteiger partial charge in [0.25, 0.3) is 0 Å². The molecule has 0 saturated heterocycles. The van der Waals surface area contributed by atoms with E-state index in [1.165, 1.54) is 0 Å². The number of carbonyl (C=O) groups excluding carboxylic acids is 1. The van der Waals surface area contributed by atoms with Crippen molar-refractivity contribution < 1.29 is 4.79 Å². The summed E-state index contributed by atoms with van der Waals surface area (Å²) in [6.07, 6.45) is 5.22. The van der Waals surface area contributed by atoms with E-state index >= 15 is 0 Å². The van der Waals surface area contributed by atoms with Crippen molar-refractivity contribution in [2.75, 3.05) is 7.05 Å². The first-order valence-corrected chi connectivity index (χ1v) is 6.56. The number of hydrogen-bond donors (Lipinski definition) is 0. The summed E-state index contributed by atoms with van der Waals surface area (Å²) in [5, 5.41) is 0. The molecule has 0 aromatic heterocycles. The van der Waals surface area contributed by atoms with Gasteiger partial charge in [-0.1, -0.05) is 38.7 Å². The Bertz CT molecular complexity index is 337. The Morgan fingerprint density at radius 2 is 1.67 bits per heavy atom. The van der Waals surface area contributed by atoms with Gasteiger partial charge in [0.05, 0.1) is 0 Å². The summed E-state index contributed by atoms with van der Waals surface area (Å²) in [7, 11) is 2.02. The van der Waals surface area contributed by atoms with Crippen LogP contribution in [0.15, 0.2) is 36.6 Å². The molecular weight excluding hydrogens is 222 g/mol. The van der Waals surface area contributed by atoms with E-state index in [0.29, 0.717) is 18.2 Å². The Labute approximate surface area is 112 Å². The summed E-state index contributed by atoms with van der Waals surface area (Å²) in [5.74, 6) is 0.409. The molecule has 102 valence electrons. The third-order valence-electron chi connectivity index (χ3n) is 3.08. The van der Waals surface area contributed by atoms with Crippen LogP contribution >= 0.6 is 0 Å². The zero-order chi connectivity index (χ0) is 14.3. The molecule has 0 spiro atoms. The number of carbonyl (C=O) groups is 1. The third kappa shape index (κ3) is 6.43. The largest absolute Gasteiger partial charge is 0.373 e. The standard InChI is InChI=1S/C16H27NO/c1-12(2)16(18)11-9-14(5)8-10-15(6)17(7)13(3)4/h8,10,12-13H,5-6,9,11H2,1-4,7H3/b10-8-. The molecule has 0 N–H and O–H groups in total. The maximum atomic E-state index is 11.5. The second kappa shape index (κ2) is 7.91. The van der Waals surface area contributed by atoms with Gasteiger partial charge in [0.15, 0.2) is 0 Å². The van der Waals surface area contributed by atoms with Gasteiger partial charge in [-0.3, -0.25) is 4.79 Å². The lowest BCUT2D eigenvalue weighted by molar-refractivity contribution is -0.121. The van der Waals surface area contributed by atoms with Crippen LogP contribution in [0.5, 0.6) is 0 Å². The molecule has 0 radical (unpaired) electrons. The highest BCUT2D eigenvalue weighted by Crippen LogP contribution is 2.11. The van der Waals surface area contributed by atoms with Gasteiger partial charge in [0, 0.05) is 31.1 Å². The first-order chi connectivity index (χ1) is 8.25. The van der Waals surface area contributed by atoms with Crippen LogP contribution in [0.1, 0.15) is 40.5 Å². The minimum absolute atomic E-state index is 0.115. The first-order valence-electron chi connectivity index (χ1n) is 6.56. The lowest BCUT2D eigenvalue weighted by atomic mass is 10.0. The van der Waals surface area contributed by atoms with E-state index in [-0.39, 0.29) is 5.92 Å². The predicted molar refractivity (Wildman–Crippen MR) is 79.4 cm³/mol. The molecule has 0 aromatic carbocycles. The van der Waals surface area contributed by atoms with E-state index in [4.69, 9.17) is 0 Å². The Balaban J connectivity index is 4.17. The molecule has 0 fully saturated rings. The van der Waals surface area contributed by atoms with Crippen molar-refractivity contribution >= 4 is 5.78 Å². The molecule has 0 aliphatic heterocycles. The van der Waals surface area contributed by atoms with Gasteiger partial charge in [0.2, 0.25) is 0 Å². The molecule has 0 saturated carbocycles. The fraction of sp³-hybridized carbons (Fsp3) is 0.562. The van der Waals surface area contributed by atoms with E-state index < -0.39 is 0 Å². The molecule has 0 unspecified atom stereocenters. The van der Waals surface area contributed by atoms with Crippen molar-refractivity contribution in [3.63, 3.8) is 0 Å². The highest BCUT2D eigenvalue weighted by molar-refractivity contribution is 5.80. The van der Waals surface area contributed by atoms with Gasteiger partial charge >= 0.3 is 0 Å². The Morgan fingerprint density at radius 3 is 2.11 bits per heavy atom. The zero-order valence-corrected chi connectivity index (χ0v) is 12.5. The van der Waals surface area contributed by atoms with Crippen molar-refractivity contribution in [2.45, 2.75) is 46.6 Å². The lowest BCUT2D eigenvalue weighted by Crippen LogP contribution is -2.24. The number of hydrogen-bond acceptors (Lipinski definition) is 2. The van der Waals surface area contributed by atoms with Crippen LogP contribution in [-0.4, -0.2) is 23.8 Å². The van der Waals surface area contributed by atoms with Crippen LogP contribution in [0.25, 0.3) is 0 Å². The van der Waals surface area contributed by atoms with Crippen LogP contribution in [0.3, 0.4) is 0 Å². The fourth-order valence-electron chi connectivity index (χ4n) is 1.32. The summed E-state index contributed by atoms with van der Waals surface area (Å²) >= 11 is 0. The smallest absolute Gasteiger partial charge is 0.135 e. The molecule has 2 nitrogen and oxygen atoms in total. The van der Waals surface area contributed by atoms with E-state index in [1.807, 2.05) is 33.0 Å². The first kappa shape index (κ1) is 16.7. The summed E-state index contributed by atoms with van der Waals surface area (Å²) in [5.41, 5.74) is 1.93. The van der Waals surface area contributed by atoms with Gasteiger partial charge in [-0.15, -0.1) is 0 Å². The Morgan fingerprint density at radius 1 is 1.11 bits per heavy atom. The van der Waals surface area contributed by atoms with Crippen LogP contribution in [0.2, 0.25) is 0 Å². The SMILES string of the molecule is C=C(/C=C\C(=C)N(C)C(C)C)CCC(=O)C(C)C. The van der Waals surface area contributed by atoms with Crippen LogP contribution in [-0.2, 0) is 4.79 Å². The van der Waals surface area contributed by atoms with Gasteiger partial charge in [-0.05, 0) is 26.3 Å². The number of rotatable bonds is 8. The van der Waals surface area contributed by atoms with E-state index in [1.54, 1.807) is 0 Å². The monoisotopic (exact) mass is 249 g/mol. The number of likely N-dealkylation sites (N-methyl/N-ethyl adjacent to an activating group) is 1. The van der Waals surface area contributed by atoms with Crippen molar-refractivity contribution in [1.82, 2.24) is 4.90 Å². The van der Waals surface area contributed by atoms with Crippen LogP contribution in [0.4, 0.5) is 0 Å². The summed E-state index contributed by atoms with van der Waals surface area (Å²) < 4.78 is 0. The Hall–Kier alpha value is -1.31. The van der Waals surface area contributed by atoms with E-state index in [2.05, 4.69) is 31.9 Å². The molecule has 0 aliphatic carbocycles. The van der Waals surface area contributed by atoms with Crippen molar-refractivity contribution in [2.24, 2.45) is 5.92 Å². The molecule has 0 atom stereocenters. The molecule has 0 rings (SSSR count). The number of ketones is 1. The average Bonchev–Trinajstić information content (AvgIpc) is 2.31. The fourth-order valence-corrected chi connectivity index (χ4v) is 1.32. The summed E-state index contributed by atoms with van der Waals surface area (Å²) in [6, 6.07) is 0.429. The molecular formula is C16H27NO. The van der Waals surface area contributed by atoms with Gasteiger partial charge < -0.3 is 4.90 Å². The maximum Gasteiger partial charge on any atom is 0.135 e. The van der Waals surface area contributed by atoms with Crippen molar-refractivity contribution in [3.05, 3.63) is 36.6 Å². The molecule has 2 heteroatoms. The lowest BCUT2D eigenvalue weighted by Gasteiger charge is -2.23. The molecule has 0 bridgehead atoms. The van der Waals surface area contributed by atoms with Crippen LogP contribution < -0.4 is 0 Å². The number of allylic oxidation sites excluding steroid dienone is 3. The zero-order valence-electron chi connectivity index (χ0n) is 12.5. The van der Waals surface area contributed by atoms with Gasteiger partial charge in [-0.2, -0.15) is 0 Å².